The van der Waals surface area contributed by atoms with Crippen molar-refractivity contribution >= 4 is 17.6 Å². The average molecular weight is 374 g/mol. The number of ether oxygens (including phenoxy) is 3. The van der Waals surface area contributed by atoms with E-state index in [4.69, 9.17) is 25.7 Å². The highest BCUT2D eigenvalue weighted by molar-refractivity contribution is 5.89. The van der Waals surface area contributed by atoms with Crippen LogP contribution in [0, 0.1) is 0 Å². The largest absolute Gasteiger partial charge is 0.465 e. The zero-order valence-electron chi connectivity index (χ0n) is 15.8. The normalized spacial score (nSPS) is 12.1. The number of carbonyl (C=O) groups excluding carboxylic acids is 1. The molecule has 1 atom stereocenters. The summed E-state index contributed by atoms with van der Waals surface area (Å²) in [6, 6.07) is 7.35. The molecule has 0 fully saturated rings. The fraction of sp³-hybridized carbons (Fsp3) is 0.421. The summed E-state index contributed by atoms with van der Waals surface area (Å²) in [7, 11) is 4.51. The van der Waals surface area contributed by atoms with Gasteiger partial charge in [0.2, 0.25) is 0 Å². The van der Waals surface area contributed by atoms with E-state index in [9.17, 15) is 4.79 Å². The summed E-state index contributed by atoms with van der Waals surface area (Å²) in [4.78, 5) is 19.6. The highest BCUT2D eigenvalue weighted by Gasteiger charge is 2.27. The number of methoxy groups -OCH3 is 3. The fourth-order valence-corrected chi connectivity index (χ4v) is 3.10. The molecule has 0 aliphatic heterocycles. The van der Waals surface area contributed by atoms with Gasteiger partial charge >= 0.3 is 5.97 Å². The molecular weight excluding hydrogens is 348 g/mol. The summed E-state index contributed by atoms with van der Waals surface area (Å²) < 4.78 is 15.6. The molecule has 4 N–H and O–H groups in total. The minimum atomic E-state index is -0.512. The van der Waals surface area contributed by atoms with E-state index >= 15 is 0 Å². The van der Waals surface area contributed by atoms with Gasteiger partial charge in [0.1, 0.15) is 18.0 Å². The molecule has 1 aromatic heterocycles. The minimum Gasteiger partial charge on any atom is -0.465 e. The van der Waals surface area contributed by atoms with Gasteiger partial charge in [0.25, 0.3) is 0 Å². The number of nitrogen functional groups attached to an aromatic ring is 2. The molecule has 2 rings (SSSR count). The van der Waals surface area contributed by atoms with E-state index < -0.39 is 6.29 Å². The monoisotopic (exact) mass is 374 g/mol. The Labute approximate surface area is 158 Å². The summed E-state index contributed by atoms with van der Waals surface area (Å²) in [5.74, 6) is 0.110. The zero-order valence-corrected chi connectivity index (χ0v) is 15.8. The lowest BCUT2D eigenvalue weighted by Gasteiger charge is -2.26. The maximum atomic E-state index is 11.5. The van der Waals surface area contributed by atoms with E-state index in [1.807, 2.05) is 12.1 Å². The van der Waals surface area contributed by atoms with E-state index in [2.05, 4.69) is 9.97 Å². The molecule has 8 nitrogen and oxygen atoms in total. The van der Waals surface area contributed by atoms with Gasteiger partial charge < -0.3 is 25.7 Å². The minimum absolute atomic E-state index is 0.199. The van der Waals surface area contributed by atoms with Crippen molar-refractivity contribution in [3.8, 4) is 0 Å². The number of carbonyl (C=O) groups is 1. The zero-order chi connectivity index (χ0) is 19.8. The van der Waals surface area contributed by atoms with Crippen LogP contribution in [0.15, 0.2) is 30.6 Å². The van der Waals surface area contributed by atoms with Crippen molar-refractivity contribution in [1.82, 2.24) is 9.97 Å². The Balaban J connectivity index is 2.09. The predicted molar refractivity (Wildman–Crippen MR) is 102 cm³/mol. The van der Waals surface area contributed by atoms with Gasteiger partial charge in [0.05, 0.1) is 12.7 Å². The van der Waals surface area contributed by atoms with Gasteiger partial charge in [-0.2, -0.15) is 0 Å². The summed E-state index contributed by atoms with van der Waals surface area (Å²) in [6.45, 7) is 0. The molecule has 0 saturated heterocycles. The second kappa shape index (κ2) is 9.84. The maximum Gasteiger partial charge on any atom is 0.337 e. The van der Waals surface area contributed by atoms with Crippen LogP contribution in [0.2, 0.25) is 0 Å². The first kappa shape index (κ1) is 20.6. The van der Waals surface area contributed by atoms with Gasteiger partial charge in [-0.25, -0.2) is 14.8 Å². The van der Waals surface area contributed by atoms with Crippen LogP contribution in [0.4, 0.5) is 11.6 Å². The first-order valence-electron chi connectivity index (χ1n) is 8.60. The van der Waals surface area contributed by atoms with Crippen molar-refractivity contribution in [1.29, 1.82) is 0 Å². The number of nitrogens with two attached hydrogens (primary N) is 2. The number of esters is 1. The van der Waals surface area contributed by atoms with Gasteiger partial charge in [-0.05, 0) is 37.0 Å². The third-order valence-electron chi connectivity index (χ3n) is 4.47. The van der Waals surface area contributed by atoms with Crippen LogP contribution in [0.3, 0.4) is 0 Å². The van der Waals surface area contributed by atoms with Gasteiger partial charge in [0, 0.05) is 25.7 Å². The molecule has 146 valence electrons. The van der Waals surface area contributed by atoms with Crippen LogP contribution in [0.25, 0.3) is 0 Å². The molecule has 0 spiro atoms. The van der Waals surface area contributed by atoms with Crippen LogP contribution >= 0.6 is 0 Å². The number of nitrogens with zero attached hydrogens (tertiary/aromatic N) is 2. The Morgan fingerprint density at radius 3 is 2.15 bits per heavy atom. The first-order chi connectivity index (χ1) is 13.0. The Kier molecular flexibility index (Phi) is 7.51. The summed E-state index contributed by atoms with van der Waals surface area (Å²) in [5.41, 5.74) is 14.3. The van der Waals surface area contributed by atoms with Crippen molar-refractivity contribution in [3.63, 3.8) is 0 Å². The Morgan fingerprint density at radius 2 is 1.63 bits per heavy atom. The van der Waals surface area contributed by atoms with Crippen LogP contribution in [-0.4, -0.2) is 43.6 Å². The number of hydrogen-bond donors (Lipinski definition) is 2. The predicted octanol–water partition coefficient (Wildman–Crippen LogP) is 2.15. The van der Waals surface area contributed by atoms with E-state index in [1.54, 1.807) is 26.4 Å². The quantitative estimate of drug-likeness (QED) is 0.506. The molecule has 8 heteroatoms. The molecule has 0 amide bonds. The number of aryl methyl sites for hydroxylation is 1. The van der Waals surface area contributed by atoms with Crippen LogP contribution in [0.1, 0.15) is 40.2 Å². The number of aromatic nitrogens is 2. The summed E-state index contributed by atoms with van der Waals surface area (Å²) in [6.07, 6.45) is 3.18. The van der Waals surface area contributed by atoms with Crippen molar-refractivity contribution in [2.24, 2.45) is 0 Å². The van der Waals surface area contributed by atoms with E-state index in [1.165, 1.54) is 13.4 Å². The summed E-state index contributed by atoms with van der Waals surface area (Å²) in [5, 5.41) is 0. The molecule has 0 radical (unpaired) electrons. The lowest BCUT2D eigenvalue weighted by atomic mass is 9.92. The molecule has 0 saturated carbocycles. The molecule has 0 aliphatic carbocycles. The molecule has 1 unspecified atom stereocenters. The Bertz CT molecular complexity index is 728. The molecule has 2 aromatic rings. The second-order valence-corrected chi connectivity index (χ2v) is 6.08. The second-order valence-electron chi connectivity index (χ2n) is 6.08. The van der Waals surface area contributed by atoms with Gasteiger partial charge in [0.15, 0.2) is 6.29 Å². The number of benzene rings is 1. The van der Waals surface area contributed by atoms with Crippen LogP contribution in [-0.2, 0) is 20.6 Å². The van der Waals surface area contributed by atoms with E-state index in [0.29, 0.717) is 29.2 Å². The topological polar surface area (TPSA) is 123 Å². The lowest BCUT2D eigenvalue weighted by molar-refractivity contribution is -0.119. The molecular formula is C19H26N4O4. The first-order valence-corrected chi connectivity index (χ1v) is 8.60. The highest BCUT2D eigenvalue weighted by atomic mass is 16.7. The SMILES string of the molecule is COC(=O)c1ccc(CCCC(c2c(N)ncnc2N)C(OC)OC)cc1. The maximum absolute atomic E-state index is 11.5. The van der Waals surface area contributed by atoms with Gasteiger partial charge in [-0.15, -0.1) is 0 Å². The van der Waals surface area contributed by atoms with Crippen molar-refractivity contribution < 1.29 is 19.0 Å². The number of rotatable bonds is 9. The van der Waals surface area contributed by atoms with Gasteiger partial charge in [-0.1, -0.05) is 12.1 Å². The standard InChI is InChI=1S/C19H26N4O4/c1-25-18(24)13-9-7-12(8-10-13)5-4-6-14(19(26-2)27-3)15-16(20)22-11-23-17(15)21/h7-11,14,19H,4-6H2,1-3H3,(H4,20,21,22,23). The third-order valence-corrected chi connectivity index (χ3v) is 4.47. The van der Waals surface area contributed by atoms with Crippen LogP contribution in [0.5, 0.6) is 0 Å². The van der Waals surface area contributed by atoms with Crippen molar-refractivity contribution in [2.75, 3.05) is 32.8 Å². The van der Waals surface area contributed by atoms with Crippen molar-refractivity contribution in [2.45, 2.75) is 31.5 Å². The van der Waals surface area contributed by atoms with E-state index in [-0.39, 0.29) is 11.9 Å². The highest BCUT2D eigenvalue weighted by Crippen LogP contribution is 2.33. The number of hydrogen-bond acceptors (Lipinski definition) is 8. The van der Waals surface area contributed by atoms with Gasteiger partial charge in [-0.3, -0.25) is 0 Å². The van der Waals surface area contributed by atoms with Crippen molar-refractivity contribution in [3.05, 3.63) is 47.3 Å². The molecule has 0 aliphatic rings. The third kappa shape index (κ3) is 5.15. The molecule has 1 heterocycles. The number of anilines is 2. The van der Waals surface area contributed by atoms with E-state index in [0.717, 1.165) is 18.4 Å². The smallest absolute Gasteiger partial charge is 0.337 e. The Hall–Kier alpha value is -2.71. The lowest BCUT2D eigenvalue weighted by Crippen LogP contribution is -2.25. The molecule has 27 heavy (non-hydrogen) atoms. The van der Waals surface area contributed by atoms with Crippen LogP contribution < -0.4 is 11.5 Å². The Morgan fingerprint density at radius 1 is 1.04 bits per heavy atom. The fourth-order valence-electron chi connectivity index (χ4n) is 3.10. The molecule has 1 aromatic carbocycles. The average Bonchev–Trinajstić information content (AvgIpc) is 2.68. The summed E-state index contributed by atoms with van der Waals surface area (Å²) >= 11 is 0. The molecule has 0 bridgehead atoms.